The third-order valence-electron chi connectivity index (χ3n) is 2.56. The highest BCUT2D eigenvalue weighted by molar-refractivity contribution is 5.82. The Morgan fingerprint density at radius 2 is 1.84 bits per heavy atom. The summed E-state index contributed by atoms with van der Waals surface area (Å²) in [5.41, 5.74) is 1.25. The first-order chi connectivity index (χ1) is 9.30. The second-order valence-electron chi connectivity index (χ2n) is 3.81. The van der Waals surface area contributed by atoms with Crippen LogP contribution < -0.4 is 9.47 Å². The van der Waals surface area contributed by atoms with Crippen LogP contribution in [-0.4, -0.2) is 29.5 Å². The van der Waals surface area contributed by atoms with Crippen molar-refractivity contribution in [2.24, 2.45) is 0 Å². The molecule has 0 bridgehead atoms. The lowest BCUT2D eigenvalue weighted by Crippen LogP contribution is -2.01. The van der Waals surface area contributed by atoms with Crippen molar-refractivity contribution in [1.82, 2.24) is 9.97 Å². The fraction of sp³-hybridized carbons (Fsp3) is 0.286. The van der Waals surface area contributed by atoms with Gasteiger partial charge in [-0.25, -0.2) is 4.98 Å². The topological polar surface area (TPSA) is 64.2 Å². The van der Waals surface area contributed by atoms with E-state index in [2.05, 4.69) is 9.97 Å². The highest BCUT2D eigenvalue weighted by Gasteiger charge is 2.17. The van der Waals surface area contributed by atoms with E-state index in [1.807, 2.05) is 13.8 Å². The van der Waals surface area contributed by atoms with Gasteiger partial charge < -0.3 is 14.5 Å². The number of hydrogen-bond donors (Lipinski definition) is 1. The highest BCUT2D eigenvalue weighted by Crippen LogP contribution is 2.37. The molecule has 0 amide bonds. The molecule has 2 aromatic rings. The first-order valence-corrected chi connectivity index (χ1v) is 6.18. The van der Waals surface area contributed by atoms with E-state index in [-0.39, 0.29) is 0 Å². The van der Waals surface area contributed by atoms with Gasteiger partial charge in [0.1, 0.15) is 29.2 Å². The molecular weight excluding hydrogens is 244 g/mol. The molecule has 100 valence electrons. The lowest BCUT2D eigenvalue weighted by molar-refractivity contribution is 0.112. The number of aldehydes is 1. The SMILES string of the molecule is CCOc1cc(C=O)cc(OCC)c1-c1ncc[nH]1. The number of imidazole rings is 1. The Morgan fingerprint density at radius 3 is 2.26 bits per heavy atom. The van der Waals surface area contributed by atoms with Crippen LogP contribution in [0.2, 0.25) is 0 Å². The Balaban J connectivity index is 2.61. The zero-order chi connectivity index (χ0) is 13.7. The Labute approximate surface area is 111 Å². The van der Waals surface area contributed by atoms with E-state index >= 15 is 0 Å². The van der Waals surface area contributed by atoms with Gasteiger partial charge in [-0.15, -0.1) is 0 Å². The first kappa shape index (κ1) is 13.1. The number of ether oxygens (including phenoxy) is 2. The molecule has 2 rings (SSSR count). The average molecular weight is 260 g/mol. The molecule has 0 saturated heterocycles. The smallest absolute Gasteiger partial charge is 0.150 e. The minimum atomic E-state index is 0.502. The molecular formula is C14H16N2O3. The van der Waals surface area contributed by atoms with Crippen molar-refractivity contribution in [1.29, 1.82) is 0 Å². The summed E-state index contributed by atoms with van der Waals surface area (Å²) in [6.45, 7) is 4.78. The molecule has 0 aliphatic carbocycles. The van der Waals surface area contributed by atoms with Crippen LogP contribution in [0.25, 0.3) is 11.4 Å². The summed E-state index contributed by atoms with van der Waals surface area (Å²) in [7, 11) is 0. The summed E-state index contributed by atoms with van der Waals surface area (Å²) in [5, 5.41) is 0. The van der Waals surface area contributed by atoms with E-state index in [4.69, 9.17) is 9.47 Å². The van der Waals surface area contributed by atoms with Gasteiger partial charge in [0.2, 0.25) is 0 Å². The van der Waals surface area contributed by atoms with Gasteiger partial charge in [-0.2, -0.15) is 0 Å². The van der Waals surface area contributed by atoms with E-state index in [9.17, 15) is 4.79 Å². The maximum Gasteiger partial charge on any atom is 0.150 e. The molecule has 1 N–H and O–H groups in total. The van der Waals surface area contributed by atoms with E-state index < -0.39 is 0 Å². The lowest BCUT2D eigenvalue weighted by Gasteiger charge is -2.14. The van der Waals surface area contributed by atoms with Crippen molar-refractivity contribution in [3.8, 4) is 22.9 Å². The van der Waals surface area contributed by atoms with E-state index in [1.165, 1.54) is 0 Å². The molecule has 0 saturated carbocycles. The summed E-state index contributed by atoms with van der Waals surface area (Å²) in [6, 6.07) is 3.38. The lowest BCUT2D eigenvalue weighted by atomic mass is 10.1. The summed E-state index contributed by atoms with van der Waals surface area (Å²) in [4.78, 5) is 18.2. The van der Waals surface area contributed by atoms with Crippen LogP contribution in [0.3, 0.4) is 0 Å². The molecule has 5 nitrogen and oxygen atoms in total. The number of rotatable bonds is 6. The minimum absolute atomic E-state index is 0.502. The van der Waals surface area contributed by atoms with E-state index in [0.29, 0.717) is 36.1 Å². The quantitative estimate of drug-likeness (QED) is 0.811. The second-order valence-corrected chi connectivity index (χ2v) is 3.81. The number of nitrogens with zero attached hydrogens (tertiary/aromatic N) is 1. The molecule has 1 aromatic carbocycles. The molecule has 0 aliphatic rings. The standard InChI is InChI=1S/C14H16N2O3/c1-3-18-11-7-10(9-17)8-12(19-4-2)13(11)14-15-5-6-16-14/h5-9H,3-4H2,1-2H3,(H,15,16). The van der Waals surface area contributed by atoms with Gasteiger partial charge in [-0.1, -0.05) is 0 Å². The van der Waals surface area contributed by atoms with Crippen molar-refractivity contribution in [3.05, 3.63) is 30.1 Å². The van der Waals surface area contributed by atoms with Gasteiger partial charge in [-0.3, -0.25) is 4.79 Å². The van der Waals surface area contributed by atoms with E-state index in [1.54, 1.807) is 24.5 Å². The van der Waals surface area contributed by atoms with E-state index in [0.717, 1.165) is 11.8 Å². The molecule has 0 fully saturated rings. The molecule has 19 heavy (non-hydrogen) atoms. The van der Waals surface area contributed by atoms with Crippen LogP contribution in [-0.2, 0) is 0 Å². The van der Waals surface area contributed by atoms with Crippen LogP contribution >= 0.6 is 0 Å². The van der Waals surface area contributed by atoms with Crippen molar-refractivity contribution >= 4 is 6.29 Å². The van der Waals surface area contributed by atoms with Crippen LogP contribution in [0, 0.1) is 0 Å². The Hall–Kier alpha value is -2.30. The van der Waals surface area contributed by atoms with Crippen LogP contribution in [0.4, 0.5) is 0 Å². The Kier molecular flexibility index (Phi) is 4.18. The summed E-state index contributed by atoms with van der Waals surface area (Å²) in [5.74, 6) is 1.83. The van der Waals surface area contributed by atoms with Gasteiger partial charge in [0.25, 0.3) is 0 Å². The molecule has 1 aromatic heterocycles. The molecule has 0 atom stereocenters. The van der Waals surface area contributed by atoms with Gasteiger partial charge in [0.05, 0.1) is 13.2 Å². The fourth-order valence-electron chi connectivity index (χ4n) is 1.85. The largest absolute Gasteiger partial charge is 0.493 e. The third kappa shape index (κ3) is 2.76. The molecule has 0 radical (unpaired) electrons. The van der Waals surface area contributed by atoms with Crippen LogP contribution in [0.5, 0.6) is 11.5 Å². The molecule has 5 heteroatoms. The molecule has 0 spiro atoms. The number of carbonyl (C=O) groups excluding carboxylic acids is 1. The number of H-pyrrole nitrogens is 1. The second kappa shape index (κ2) is 6.04. The van der Waals surface area contributed by atoms with Gasteiger partial charge >= 0.3 is 0 Å². The van der Waals surface area contributed by atoms with Gasteiger partial charge in [0, 0.05) is 18.0 Å². The maximum absolute atomic E-state index is 11.0. The summed E-state index contributed by atoms with van der Waals surface area (Å²) < 4.78 is 11.2. The fourth-order valence-corrected chi connectivity index (χ4v) is 1.85. The number of aromatic nitrogens is 2. The highest BCUT2D eigenvalue weighted by atomic mass is 16.5. The third-order valence-corrected chi connectivity index (χ3v) is 2.56. The summed E-state index contributed by atoms with van der Waals surface area (Å²) in [6.07, 6.45) is 4.17. The summed E-state index contributed by atoms with van der Waals surface area (Å²) >= 11 is 0. The number of carbonyl (C=O) groups is 1. The predicted octanol–water partition coefficient (Wildman–Crippen LogP) is 2.69. The zero-order valence-corrected chi connectivity index (χ0v) is 11.0. The molecule has 1 heterocycles. The predicted molar refractivity (Wildman–Crippen MR) is 71.7 cm³/mol. The number of nitrogens with one attached hydrogen (secondary N) is 1. The number of benzene rings is 1. The van der Waals surface area contributed by atoms with Crippen molar-refractivity contribution in [2.45, 2.75) is 13.8 Å². The number of aromatic amines is 1. The number of hydrogen-bond acceptors (Lipinski definition) is 4. The maximum atomic E-state index is 11.0. The van der Waals surface area contributed by atoms with Crippen molar-refractivity contribution in [3.63, 3.8) is 0 Å². The van der Waals surface area contributed by atoms with Crippen LogP contribution in [0.1, 0.15) is 24.2 Å². The van der Waals surface area contributed by atoms with Gasteiger partial charge in [0.15, 0.2) is 0 Å². The Bertz CT molecular complexity index is 523. The first-order valence-electron chi connectivity index (χ1n) is 6.18. The van der Waals surface area contributed by atoms with Crippen molar-refractivity contribution < 1.29 is 14.3 Å². The Morgan fingerprint density at radius 1 is 1.21 bits per heavy atom. The minimum Gasteiger partial charge on any atom is -0.493 e. The monoisotopic (exact) mass is 260 g/mol. The molecule has 0 unspecified atom stereocenters. The van der Waals surface area contributed by atoms with Crippen LogP contribution in [0.15, 0.2) is 24.5 Å². The normalized spacial score (nSPS) is 10.2. The zero-order valence-electron chi connectivity index (χ0n) is 11.0. The van der Waals surface area contributed by atoms with Gasteiger partial charge in [-0.05, 0) is 26.0 Å². The average Bonchev–Trinajstić information content (AvgIpc) is 2.92. The molecule has 0 aliphatic heterocycles. The van der Waals surface area contributed by atoms with Crippen molar-refractivity contribution in [2.75, 3.05) is 13.2 Å².